The maximum absolute atomic E-state index is 11.9. The third-order valence-corrected chi connectivity index (χ3v) is 2.92. The maximum Gasteiger partial charge on any atom is 0.354 e. The van der Waals surface area contributed by atoms with E-state index < -0.39 is 5.97 Å². The second-order valence-electron chi connectivity index (χ2n) is 4.47. The second kappa shape index (κ2) is 4.69. The Balaban J connectivity index is 2.09. The van der Waals surface area contributed by atoms with Crippen molar-refractivity contribution >= 4 is 17.7 Å². The number of nitrogens with one attached hydrogen (secondary N) is 2. The van der Waals surface area contributed by atoms with Crippen molar-refractivity contribution in [1.82, 2.24) is 9.88 Å². The number of likely N-dealkylation sites (tertiary alicyclic amines) is 1. The summed E-state index contributed by atoms with van der Waals surface area (Å²) < 4.78 is 0. The van der Waals surface area contributed by atoms with Crippen LogP contribution in [-0.2, 0) is 0 Å². The van der Waals surface area contributed by atoms with Crippen LogP contribution in [-0.4, -0.2) is 46.1 Å². The molecule has 1 aliphatic heterocycles. The van der Waals surface area contributed by atoms with Crippen LogP contribution in [0.4, 0.5) is 10.5 Å². The highest BCUT2D eigenvalue weighted by Gasteiger charge is 2.25. The fourth-order valence-corrected chi connectivity index (χ4v) is 2.02. The number of nitrogens with two attached hydrogens (primary N) is 1. The predicted molar refractivity (Wildman–Crippen MR) is 65.7 cm³/mol. The lowest BCUT2D eigenvalue weighted by atomic mass is 10.3. The van der Waals surface area contributed by atoms with E-state index >= 15 is 0 Å². The quantitative estimate of drug-likeness (QED) is 0.617. The summed E-state index contributed by atoms with van der Waals surface area (Å²) >= 11 is 0. The van der Waals surface area contributed by atoms with E-state index in [0.717, 1.165) is 6.42 Å². The summed E-state index contributed by atoms with van der Waals surface area (Å²) in [6.07, 6.45) is 0.769. The molecule has 1 fully saturated rings. The largest absolute Gasteiger partial charge is 0.477 e. The molecule has 0 aromatic carbocycles. The van der Waals surface area contributed by atoms with E-state index in [-0.39, 0.29) is 23.5 Å². The van der Waals surface area contributed by atoms with Gasteiger partial charge in [-0.25, -0.2) is 9.59 Å². The fourth-order valence-electron chi connectivity index (χ4n) is 2.02. The molecule has 0 bridgehead atoms. The summed E-state index contributed by atoms with van der Waals surface area (Å²) in [5.41, 5.74) is 6.67. The van der Waals surface area contributed by atoms with Gasteiger partial charge in [-0.05, 0) is 19.4 Å². The van der Waals surface area contributed by atoms with Gasteiger partial charge in [-0.2, -0.15) is 0 Å². The zero-order valence-electron chi connectivity index (χ0n) is 10.1. The van der Waals surface area contributed by atoms with Crippen molar-refractivity contribution in [3.05, 3.63) is 17.5 Å². The smallest absolute Gasteiger partial charge is 0.354 e. The summed E-state index contributed by atoms with van der Waals surface area (Å²) in [6, 6.07) is 1.28. The van der Waals surface area contributed by atoms with Crippen molar-refractivity contribution in [2.75, 3.05) is 18.4 Å². The normalized spacial score (nSPS) is 19.0. The lowest BCUT2D eigenvalue weighted by molar-refractivity contribution is 0.0692. The Morgan fingerprint density at radius 1 is 1.61 bits per heavy atom. The molecule has 2 heterocycles. The van der Waals surface area contributed by atoms with Gasteiger partial charge in [0.05, 0.1) is 5.69 Å². The molecule has 0 spiro atoms. The fraction of sp³-hybridized carbons (Fsp3) is 0.455. The number of carbonyl (C=O) groups is 2. The highest BCUT2D eigenvalue weighted by molar-refractivity contribution is 5.99. The van der Waals surface area contributed by atoms with E-state index in [2.05, 4.69) is 10.3 Å². The van der Waals surface area contributed by atoms with Crippen molar-refractivity contribution in [1.29, 1.82) is 0 Å². The van der Waals surface area contributed by atoms with E-state index in [1.54, 1.807) is 17.9 Å². The Kier molecular flexibility index (Phi) is 3.24. The van der Waals surface area contributed by atoms with Crippen molar-refractivity contribution in [2.45, 2.75) is 19.4 Å². The molecule has 1 unspecified atom stereocenters. The van der Waals surface area contributed by atoms with Gasteiger partial charge in [0.15, 0.2) is 0 Å². The number of amides is 2. The summed E-state index contributed by atoms with van der Waals surface area (Å²) in [7, 11) is 0. The van der Waals surface area contributed by atoms with Gasteiger partial charge in [-0.3, -0.25) is 0 Å². The monoisotopic (exact) mass is 252 g/mol. The Bertz CT molecular complexity index is 483. The minimum Gasteiger partial charge on any atom is -0.477 e. The third-order valence-electron chi connectivity index (χ3n) is 2.92. The first-order valence-electron chi connectivity index (χ1n) is 5.72. The van der Waals surface area contributed by atoms with E-state index in [4.69, 9.17) is 10.8 Å². The van der Waals surface area contributed by atoms with Crippen LogP contribution in [0.1, 0.15) is 22.6 Å². The number of nitrogens with zero attached hydrogens (tertiary/aromatic N) is 1. The number of anilines is 1. The van der Waals surface area contributed by atoms with Crippen LogP contribution >= 0.6 is 0 Å². The lowest BCUT2D eigenvalue weighted by Crippen LogP contribution is -2.35. The van der Waals surface area contributed by atoms with Crippen LogP contribution in [0, 0.1) is 6.92 Å². The Morgan fingerprint density at radius 3 is 2.89 bits per heavy atom. The molecular weight excluding hydrogens is 236 g/mol. The van der Waals surface area contributed by atoms with Gasteiger partial charge in [-0.1, -0.05) is 0 Å². The van der Waals surface area contributed by atoms with Gasteiger partial charge in [0, 0.05) is 24.8 Å². The molecule has 1 saturated heterocycles. The van der Waals surface area contributed by atoms with E-state index in [9.17, 15) is 9.59 Å². The Hall–Kier alpha value is -2.02. The first kappa shape index (κ1) is 12.4. The summed E-state index contributed by atoms with van der Waals surface area (Å²) in [6.45, 7) is 2.82. The number of rotatable bonds is 2. The first-order valence-corrected chi connectivity index (χ1v) is 5.72. The molecule has 2 rings (SSSR count). The molecular formula is C11H16N4O3. The number of aromatic nitrogens is 1. The molecule has 0 radical (unpaired) electrons. The van der Waals surface area contributed by atoms with Gasteiger partial charge in [-0.15, -0.1) is 0 Å². The number of hydrogen-bond acceptors (Lipinski definition) is 3. The van der Waals surface area contributed by atoms with Crippen molar-refractivity contribution in [3.8, 4) is 0 Å². The topological polar surface area (TPSA) is 111 Å². The van der Waals surface area contributed by atoms with Gasteiger partial charge in [0.2, 0.25) is 0 Å². The number of aryl methyl sites for hydroxylation is 1. The third kappa shape index (κ3) is 2.45. The van der Waals surface area contributed by atoms with Crippen LogP contribution < -0.4 is 11.1 Å². The maximum atomic E-state index is 11.9. The SMILES string of the molecule is Cc1cc(NC(=O)N2CCC(N)C2)c(C(=O)O)[nH]1. The van der Waals surface area contributed by atoms with Crippen molar-refractivity contribution in [3.63, 3.8) is 0 Å². The zero-order valence-corrected chi connectivity index (χ0v) is 10.1. The Morgan fingerprint density at radius 2 is 2.33 bits per heavy atom. The van der Waals surface area contributed by atoms with Gasteiger partial charge >= 0.3 is 12.0 Å². The first-order chi connectivity index (χ1) is 8.47. The Labute approximate surface area is 104 Å². The molecule has 1 aromatic rings. The molecule has 7 nitrogen and oxygen atoms in total. The van der Waals surface area contributed by atoms with Crippen molar-refractivity contribution in [2.24, 2.45) is 5.73 Å². The molecule has 1 atom stereocenters. The molecule has 7 heteroatoms. The number of carboxylic acid groups (broad SMARTS) is 1. The van der Waals surface area contributed by atoms with E-state index in [0.29, 0.717) is 18.8 Å². The van der Waals surface area contributed by atoms with Crippen molar-refractivity contribution < 1.29 is 14.7 Å². The number of aromatic carboxylic acids is 1. The predicted octanol–water partition coefficient (Wildman–Crippen LogP) is 0.586. The lowest BCUT2D eigenvalue weighted by Gasteiger charge is -2.16. The molecule has 0 aliphatic carbocycles. The number of hydrogen-bond donors (Lipinski definition) is 4. The summed E-state index contributed by atoms with van der Waals surface area (Å²) in [5, 5.41) is 11.6. The van der Waals surface area contributed by atoms with Crippen LogP contribution in [0.5, 0.6) is 0 Å². The average Bonchev–Trinajstić information content (AvgIpc) is 2.85. The second-order valence-corrected chi connectivity index (χ2v) is 4.47. The number of aromatic amines is 1. The minimum atomic E-state index is -1.10. The number of carboxylic acids is 1. The number of urea groups is 1. The highest BCUT2D eigenvalue weighted by Crippen LogP contribution is 2.18. The molecule has 18 heavy (non-hydrogen) atoms. The standard InChI is InChI=1S/C11H16N4O3/c1-6-4-8(9(13-6)10(16)17)14-11(18)15-3-2-7(12)5-15/h4,7,13H,2-3,5,12H2,1H3,(H,14,18)(H,16,17). The molecule has 5 N–H and O–H groups in total. The van der Waals surface area contributed by atoms with Gasteiger partial charge in [0.25, 0.3) is 0 Å². The molecule has 1 aliphatic rings. The summed E-state index contributed by atoms with van der Waals surface area (Å²) in [4.78, 5) is 27.1. The molecule has 0 saturated carbocycles. The molecule has 2 amide bonds. The van der Waals surface area contributed by atoms with Crippen LogP contribution in [0.15, 0.2) is 6.07 Å². The van der Waals surface area contributed by atoms with E-state index in [1.807, 2.05) is 0 Å². The van der Waals surface area contributed by atoms with Gasteiger partial charge in [0.1, 0.15) is 5.69 Å². The minimum absolute atomic E-state index is 0.00246. The zero-order chi connectivity index (χ0) is 13.3. The number of H-pyrrole nitrogens is 1. The van der Waals surface area contributed by atoms with Crippen LogP contribution in [0.25, 0.3) is 0 Å². The number of carbonyl (C=O) groups excluding carboxylic acids is 1. The van der Waals surface area contributed by atoms with E-state index in [1.165, 1.54) is 0 Å². The molecule has 1 aromatic heterocycles. The summed E-state index contributed by atoms with van der Waals surface area (Å²) in [5.74, 6) is -1.10. The average molecular weight is 252 g/mol. The molecule has 98 valence electrons. The van der Waals surface area contributed by atoms with Crippen LogP contribution in [0.2, 0.25) is 0 Å². The highest BCUT2D eigenvalue weighted by atomic mass is 16.4. The van der Waals surface area contributed by atoms with Gasteiger partial charge < -0.3 is 26.0 Å². The van der Waals surface area contributed by atoms with Crippen LogP contribution in [0.3, 0.4) is 0 Å².